The van der Waals surface area contributed by atoms with E-state index in [-0.39, 0.29) is 11.2 Å². The summed E-state index contributed by atoms with van der Waals surface area (Å²) in [6.45, 7) is 10.4. The van der Waals surface area contributed by atoms with Crippen LogP contribution in [-0.2, 0) is 4.79 Å². The van der Waals surface area contributed by atoms with Crippen LogP contribution in [0.3, 0.4) is 0 Å². The Labute approximate surface area is 132 Å². The van der Waals surface area contributed by atoms with Crippen LogP contribution in [0.2, 0.25) is 0 Å². The van der Waals surface area contributed by atoms with E-state index in [4.69, 9.17) is 12.2 Å². The number of nitrogens with zero attached hydrogens (tertiary/aromatic N) is 2. The lowest BCUT2D eigenvalue weighted by Crippen LogP contribution is -2.46. The second-order valence-electron chi connectivity index (χ2n) is 6.41. The normalized spacial score (nSPS) is 28.6. The van der Waals surface area contributed by atoms with Crippen LogP contribution in [0, 0.1) is 11.8 Å². The summed E-state index contributed by atoms with van der Waals surface area (Å²) in [5.74, 6) is 1.49. The number of hydrogen-bond donors (Lipinski definition) is 0. The van der Waals surface area contributed by atoms with Crippen molar-refractivity contribution >= 4 is 34.2 Å². The zero-order chi connectivity index (χ0) is 14.7. The fourth-order valence-electron chi connectivity index (χ4n) is 3.28. The lowest BCUT2D eigenvalue weighted by Gasteiger charge is -2.36. The summed E-state index contributed by atoms with van der Waals surface area (Å²) in [7, 11) is 0. The molecular weight excluding hydrogens is 288 g/mol. The Morgan fingerprint density at radius 2 is 1.70 bits per heavy atom. The van der Waals surface area contributed by atoms with Gasteiger partial charge < -0.3 is 9.80 Å². The number of carbonyl (C=O) groups is 1. The molecule has 0 radical (unpaired) electrons. The topological polar surface area (TPSA) is 23.6 Å². The molecule has 20 heavy (non-hydrogen) atoms. The molecule has 0 N–H and O–H groups in total. The largest absolute Gasteiger partial charge is 0.358 e. The molecule has 0 spiro atoms. The molecule has 2 aliphatic rings. The first kappa shape index (κ1) is 16.1. The number of thioether (sulfide) groups is 1. The fourth-order valence-corrected chi connectivity index (χ4v) is 4.78. The van der Waals surface area contributed by atoms with Crippen molar-refractivity contribution < 1.29 is 4.79 Å². The molecule has 0 bridgehead atoms. The Morgan fingerprint density at radius 1 is 1.15 bits per heavy atom. The molecule has 2 saturated heterocycles. The molecule has 5 heteroatoms. The van der Waals surface area contributed by atoms with Crippen LogP contribution in [0.4, 0.5) is 0 Å². The van der Waals surface area contributed by atoms with Gasteiger partial charge in [0.05, 0.1) is 5.25 Å². The van der Waals surface area contributed by atoms with Gasteiger partial charge >= 0.3 is 0 Å². The molecule has 0 aromatic rings. The SMILES string of the molecule is C[C@@H]1C[C@H](C)CN(C(=O)[C@@H](C)SC(=S)N2CCCC2)C1. The summed E-state index contributed by atoms with van der Waals surface area (Å²) in [4.78, 5) is 16.9. The van der Waals surface area contributed by atoms with Gasteiger partial charge in [-0.1, -0.05) is 37.8 Å². The molecule has 2 rings (SSSR count). The number of hydrogen-bond acceptors (Lipinski definition) is 3. The zero-order valence-corrected chi connectivity index (χ0v) is 14.4. The molecule has 2 heterocycles. The van der Waals surface area contributed by atoms with Gasteiger partial charge in [-0.05, 0) is 38.0 Å². The third-order valence-corrected chi connectivity index (χ3v) is 5.73. The maximum Gasteiger partial charge on any atom is 0.235 e. The van der Waals surface area contributed by atoms with E-state index in [1.165, 1.54) is 19.3 Å². The first-order valence-electron chi connectivity index (χ1n) is 7.71. The van der Waals surface area contributed by atoms with Crippen LogP contribution in [0.25, 0.3) is 0 Å². The molecule has 3 nitrogen and oxygen atoms in total. The Balaban J connectivity index is 1.86. The van der Waals surface area contributed by atoms with Gasteiger partial charge in [0.2, 0.25) is 5.91 Å². The standard InChI is InChI=1S/C15H26N2OS2/c1-11-8-12(2)10-17(9-11)14(18)13(3)20-15(19)16-6-4-5-7-16/h11-13H,4-10H2,1-3H3/t11-,12+,13-/m1/s1. The van der Waals surface area contributed by atoms with Crippen molar-refractivity contribution in [1.82, 2.24) is 9.80 Å². The Morgan fingerprint density at radius 3 is 2.25 bits per heavy atom. The molecule has 1 amide bonds. The van der Waals surface area contributed by atoms with Gasteiger partial charge in [-0.3, -0.25) is 4.79 Å². The monoisotopic (exact) mass is 314 g/mol. The predicted molar refractivity (Wildman–Crippen MR) is 90.0 cm³/mol. The average molecular weight is 315 g/mol. The lowest BCUT2D eigenvalue weighted by molar-refractivity contribution is -0.132. The summed E-state index contributed by atoms with van der Waals surface area (Å²) >= 11 is 7.04. The number of piperidine rings is 1. The third kappa shape index (κ3) is 4.10. The second kappa shape index (κ2) is 7.12. The highest BCUT2D eigenvalue weighted by Crippen LogP contribution is 2.25. The molecule has 114 valence electrons. The van der Waals surface area contributed by atoms with E-state index in [0.29, 0.717) is 11.8 Å². The molecule has 0 aliphatic carbocycles. The minimum atomic E-state index is -0.0550. The third-order valence-electron chi connectivity index (χ3n) is 4.17. The van der Waals surface area contributed by atoms with Crippen molar-refractivity contribution in [2.45, 2.75) is 45.3 Å². The van der Waals surface area contributed by atoms with Crippen molar-refractivity contribution in [2.75, 3.05) is 26.2 Å². The van der Waals surface area contributed by atoms with Gasteiger partial charge in [0.25, 0.3) is 0 Å². The zero-order valence-electron chi connectivity index (χ0n) is 12.8. The second-order valence-corrected chi connectivity index (χ2v) is 8.38. The molecule has 0 saturated carbocycles. The molecule has 0 aromatic carbocycles. The van der Waals surface area contributed by atoms with Gasteiger partial charge in [0, 0.05) is 26.2 Å². The molecule has 2 aliphatic heterocycles. The summed E-state index contributed by atoms with van der Waals surface area (Å²) in [6.07, 6.45) is 3.69. The number of likely N-dealkylation sites (tertiary alicyclic amines) is 2. The highest BCUT2D eigenvalue weighted by atomic mass is 32.2. The van der Waals surface area contributed by atoms with Crippen molar-refractivity contribution in [3.05, 3.63) is 0 Å². The average Bonchev–Trinajstić information content (AvgIpc) is 2.90. The van der Waals surface area contributed by atoms with E-state index in [0.717, 1.165) is 30.5 Å². The molecule has 0 aromatic heterocycles. The van der Waals surface area contributed by atoms with Crippen molar-refractivity contribution in [1.29, 1.82) is 0 Å². The summed E-state index contributed by atoms with van der Waals surface area (Å²) in [5.41, 5.74) is 0. The lowest BCUT2D eigenvalue weighted by atomic mass is 9.92. The first-order chi connectivity index (χ1) is 9.47. The van der Waals surface area contributed by atoms with Crippen LogP contribution in [0.5, 0.6) is 0 Å². The van der Waals surface area contributed by atoms with Gasteiger partial charge in [0.15, 0.2) is 0 Å². The number of amides is 1. The summed E-state index contributed by atoms with van der Waals surface area (Å²) in [5, 5.41) is -0.0550. The van der Waals surface area contributed by atoms with E-state index in [1.54, 1.807) is 11.8 Å². The molecular formula is C15H26N2OS2. The van der Waals surface area contributed by atoms with Crippen molar-refractivity contribution in [3.8, 4) is 0 Å². The summed E-state index contributed by atoms with van der Waals surface area (Å²) in [6, 6.07) is 0. The minimum absolute atomic E-state index is 0.0550. The minimum Gasteiger partial charge on any atom is -0.358 e. The van der Waals surface area contributed by atoms with E-state index >= 15 is 0 Å². The number of carbonyl (C=O) groups excluding carboxylic acids is 1. The van der Waals surface area contributed by atoms with Crippen LogP contribution in [-0.4, -0.2) is 51.5 Å². The summed E-state index contributed by atoms with van der Waals surface area (Å²) < 4.78 is 0.904. The van der Waals surface area contributed by atoms with E-state index in [2.05, 4.69) is 18.7 Å². The number of thiocarbonyl (C=S) groups is 1. The highest BCUT2D eigenvalue weighted by molar-refractivity contribution is 8.23. The number of rotatable bonds is 2. The highest BCUT2D eigenvalue weighted by Gasteiger charge is 2.29. The van der Waals surface area contributed by atoms with Crippen LogP contribution in [0.15, 0.2) is 0 Å². The Hall–Kier alpha value is -0.290. The van der Waals surface area contributed by atoms with Crippen LogP contribution in [0.1, 0.15) is 40.0 Å². The molecule has 0 unspecified atom stereocenters. The van der Waals surface area contributed by atoms with E-state index in [1.807, 2.05) is 11.8 Å². The van der Waals surface area contributed by atoms with Gasteiger partial charge in [-0.25, -0.2) is 0 Å². The quantitative estimate of drug-likeness (QED) is 0.731. The maximum atomic E-state index is 12.6. The van der Waals surface area contributed by atoms with E-state index in [9.17, 15) is 4.79 Å². The Kier molecular flexibility index (Phi) is 5.73. The smallest absolute Gasteiger partial charge is 0.235 e. The maximum absolute atomic E-state index is 12.6. The molecule has 3 atom stereocenters. The van der Waals surface area contributed by atoms with Crippen molar-refractivity contribution in [2.24, 2.45) is 11.8 Å². The molecule has 2 fully saturated rings. The first-order valence-corrected chi connectivity index (χ1v) is 9.00. The fraction of sp³-hybridized carbons (Fsp3) is 0.867. The van der Waals surface area contributed by atoms with Gasteiger partial charge in [-0.2, -0.15) is 0 Å². The predicted octanol–water partition coefficient (Wildman–Crippen LogP) is 2.99. The van der Waals surface area contributed by atoms with E-state index < -0.39 is 0 Å². The Bertz CT molecular complexity index is 359. The van der Waals surface area contributed by atoms with Crippen molar-refractivity contribution in [3.63, 3.8) is 0 Å². The van der Waals surface area contributed by atoms with Crippen LogP contribution < -0.4 is 0 Å². The van der Waals surface area contributed by atoms with Crippen LogP contribution >= 0.6 is 24.0 Å². The van der Waals surface area contributed by atoms with Gasteiger partial charge in [0.1, 0.15) is 4.32 Å². The van der Waals surface area contributed by atoms with Gasteiger partial charge in [-0.15, -0.1) is 0 Å².